The molecule has 0 aromatic heterocycles. The van der Waals surface area contributed by atoms with Crippen molar-refractivity contribution in [2.45, 2.75) is 12.5 Å². The molecule has 2 amide bonds. The lowest BCUT2D eigenvalue weighted by Crippen LogP contribution is -2.35. The van der Waals surface area contributed by atoms with Crippen LogP contribution in [0.15, 0.2) is 53.0 Å². The van der Waals surface area contributed by atoms with Crippen molar-refractivity contribution in [2.75, 3.05) is 16.8 Å². The summed E-state index contributed by atoms with van der Waals surface area (Å²) in [5.74, 6) is -0.574. The fourth-order valence-corrected chi connectivity index (χ4v) is 4.82. The second-order valence-corrected chi connectivity index (χ2v) is 9.26. The molecule has 0 aliphatic carbocycles. The van der Waals surface area contributed by atoms with Crippen molar-refractivity contribution in [1.82, 2.24) is 5.32 Å². The number of benzene rings is 2. The Morgan fingerprint density at radius 1 is 1.00 bits per heavy atom. The van der Waals surface area contributed by atoms with Gasteiger partial charge in [0.25, 0.3) is 11.8 Å². The molecule has 1 fully saturated rings. The molecule has 6 nitrogen and oxygen atoms in total. The zero-order chi connectivity index (χ0) is 18.7. The number of sulfone groups is 1. The van der Waals surface area contributed by atoms with Gasteiger partial charge in [0.15, 0.2) is 9.84 Å². The third-order valence-corrected chi connectivity index (χ3v) is 6.30. The van der Waals surface area contributed by atoms with Crippen LogP contribution in [0, 0.1) is 0 Å². The number of hydrogen-bond acceptors (Lipinski definition) is 4. The highest BCUT2D eigenvalue weighted by Gasteiger charge is 2.29. The van der Waals surface area contributed by atoms with Crippen LogP contribution in [-0.2, 0) is 9.84 Å². The number of halogens is 1. The molecule has 8 heteroatoms. The molecular formula is C18H17BrN2O4S. The van der Waals surface area contributed by atoms with Gasteiger partial charge >= 0.3 is 0 Å². The average molecular weight is 437 g/mol. The lowest BCUT2D eigenvalue weighted by Gasteiger charge is -2.12. The number of hydrogen-bond donors (Lipinski definition) is 2. The summed E-state index contributed by atoms with van der Waals surface area (Å²) in [5.41, 5.74) is 1.34. The van der Waals surface area contributed by atoms with Crippen molar-refractivity contribution in [3.05, 3.63) is 64.1 Å². The quantitative estimate of drug-likeness (QED) is 0.770. The van der Waals surface area contributed by atoms with Gasteiger partial charge in [-0.1, -0.05) is 28.1 Å². The molecule has 3 rings (SSSR count). The van der Waals surface area contributed by atoms with Crippen LogP contribution in [0.3, 0.4) is 0 Å². The first-order chi connectivity index (χ1) is 12.3. The zero-order valence-corrected chi connectivity index (χ0v) is 16.1. The van der Waals surface area contributed by atoms with E-state index in [1.165, 1.54) is 0 Å². The number of carbonyl (C=O) groups excluding carboxylic acids is 2. The van der Waals surface area contributed by atoms with Crippen molar-refractivity contribution in [3.8, 4) is 0 Å². The van der Waals surface area contributed by atoms with Gasteiger partial charge in [-0.2, -0.15) is 0 Å². The Balaban J connectivity index is 1.68. The minimum absolute atomic E-state index is 0.0297. The van der Waals surface area contributed by atoms with Crippen LogP contribution in [0.4, 0.5) is 5.69 Å². The first-order valence-corrected chi connectivity index (χ1v) is 10.6. The van der Waals surface area contributed by atoms with Gasteiger partial charge in [0.1, 0.15) is 0 Å². The zero-order valence-electron chi connectivity index (χ0n) is 13.7. The maximum absolute atomic E-state index is 12.3. The van der Waals surface area contributed by atoms with Crippen LogP contribution in [0.5, 0.6) is 0 Å². The minimum Gasteiger partial charge on any atom is -0.348 e. The molecule has 1 aliphatic heterocycles. The van der Waals surface area contributed by atoms with Gasteiger partial charge in [0.2, 0.25) is 0 Å². The SMILES string of the molecule is O=C(Nc1cccc(C(=O)N[C@@H]2CCS(=O)(=O)C2)c1)c1cccc(Br)c1. The van der Waals surface area contributed by atoms with Gasteiger partial charge in [0, 0.05) is 27.3 Å². The van der Waals surface area contributed by atoms with Gasteiger partial charge in [-0.05, 0) is 42.8 Å². The van der Waals surface area contributed by atoms with E-state index in [0.29, 0.717) is 23.2 Å². The van der Waals surface area contributed by atoms with Gasteiger partial charge in [0.05, 0.1) is 11.5 Å². The molecule has 2 aromatic carbocycles. The summed E-state index contributed by atoms with van der Waals surface area (Å²) in [4.78, 5) is 24.6. The predicted octanol–water partition coefficient (Wildman–Crippen LogP) is 2.62. The van der Waals surface area contributed by atoms with Crippen molar-refractivity contribution < 1.29 is 18.0 Å². The molecular weight excluding hydrogens is 420 g/mol. The topological polar surface area (TPSA) is 92.3 Å². The summed E-state index contributed by atoms with van der Waals surface area (Å²) in [6.45, 7) is 0. The largest absolute Gasteiger partial charge is 0.348 e. The second-order valence-electron chi connectivity index (χ2n) is 6.12. The highest BCUT2D eigenvalue weighted by Crippen LogP contribution is 2.16. The second kappa shape index (κ2) is 7.59. The molecule has 1 saturated heterocycles. The third kappa shape index (κ3) is 4.70. The Hall–Kier alpha value is -2.19. The van der Waals surface area contributed by atoms with Crippen molar-refractivity contribution in [1.29, 1.82) is 0 Å². The lowest BCUT2D eigenvalue weighted by molar-refractivity contribution is 0.0940. The highest BCUT2D eigenvalue weighted by atomic mass is 79.9. The summed E-state index contributed by atoms with van der Waals surface area (Å²) >= 11 is 3.32. The standard InChI is InChI=1S/C18H17BrN2O4S/c19-14-5-1-3-12(9-14)17(22)20-15-6-2-4-13(10-15)18(23)21-16-7-8-26(24,25)11-16/h1-6,9-10,16H,7-8,11H2,(H,20,22)(H,21,23)/t16-/m1/s1. The molecule has 1 aliphatic rings. The van der Waals surface area contributed by atoms with E-state index >= 15 is 0 Å². The van der Waals surface area contributed by atoms with Crippen LogP contribution in [0.2, 0.25) is 0 Å². The van der Waals surface area contributed by atoms with Crippen LogP contribution in [-0.4, -0.2) is 37.8 Å². The molecule has 0 saturated carbocycles. The van der Waals surface area contributed by atoms with E-state index < -0.39 is 9.84 Å². The summed E-state index contributed by atoms with van der Waals surface area (Å²) in [5, 5.41) is 5.49. The monoisotopic (exact) mass is 436 g/mol. The lowest BCUT2D eigenvalue weighted by atomic mass is 10.1. The first-order valence-electron chi connectivity index (χ1n) is 8.01. The molecule has 1 atom stereocenters. The molecule has 1 heterocycles. The summed E-state index contributed by atoms with van der Waals surface area (Å²) in [6, 6.07) is 13.1. The van der Waals surface area contributed by atoms with Gasteiger partial charge in [-0.15, -0.1) is 0 Å². The van der Waals surface area contributed by atoms with E-state index in [2.05, 4.69) is 26.6 Å². The van der Waals surface area contributed by atoms with Crippen molar-refractivity contribution in [2.24, 2.45) is 0 Å². The maximum atomic E-state index is 12.3. The van der Waals surface area contributed by atoms with Crippen LogP contribution >= 0.6 is 15.9 Å². The number of rotatable bonds is 4. The summed E-state index contributed by atoms with van der Waals surface area (Å²) < 4.78 is 23.8. The maximum Gasteiger partial charge on any atom is 0.255 e. The smallest absolute Gasteiger partial charge is 0.255 e. The summed E-state index contributed by atoms with van der Waals surface area (Å²) in [7, 11) is -3.06. The fourth-order valence-electron chi connectivity index (χ4n) is 2.75. The normalized spacial score (nSPS) is 18.3. The van der Waals surface area contributed by atoms with E-state index in [-0.39, 0.29) is 29.4 Å². The Labute approximate surface area is 160 Å². The molecule has 0 radical (unpaired) electrons. The molecule has 0 unspecified atom stereocenters. The number of anilines is 1. The van der Waals surface area contributed by atoms with Crippen LogP contribution < -0.4 is 10.6 Å². The van der Waals surface area contributed by atoms with Gasteiger partial charge in [-0.25, -0.2) is 8.42 Å². The fraction of sp³-hybridized carbons (Fsp3) is 0.222. The highest BCUT2D eigenvalue weighted by molar-refractivity contribution is 9.10. The average Bonchev–Trinajstić information content (AvgIpc) is 2.93. The predicted molar refractivity (Wildman–Crippen MR) is 103 cm³/mol. The molecule has 0 spiro atoms. The van der Waals surface area contributed by atoms with Crippen molar-refractivity contribution in [3.63, 3.8) is 0 Å². The number of amides is 2. The molecule has 136 valence electrons. The van der Waals surface area contributed by atoms with Crippen LogP contribution in [0.1, 0.15) is 27.1 Å². The van der Waals surface area contributed by atoms with E-state index in [0.717, 1.165) is 4.47 Å². The van der Waals surface area contributed by atoms with Gasteiger partial charge in [-0.3, -0.25) is 9.59 Å². The van der Waals surface area contributed by atoms with Crippen LogP contribution in [0.25, 0.3) is 0 Å². The van der Waals surface area contributed by atoms with E-state index in [4.69, 9.17) is 0 Å². The molecule has 0 bridgehead atoms. The Bertz CT molecular complexity index is 959. The van der Waals surface area contributed by atoms with Crippen molar-refractivity contribution >= 4 is 43.3 Å². The minimum atomic E-state index is -3.06. The molecule has 2 N–H and O–H groups in total. The Kier molecular flexibility index (Phi) is 5.43. The van der Waals surface area contributed by atoms with E-state index in [9.17, 15) is 18.0 Å². The van der Waals surface area contributed by atoms with Gasteiger partial charge < -0.3 is 10.6 Å². The van der Waals surface area contributed by atoms with E-state index in [1.54, 1.807) is 42.5 Å². The molecule has 26 heavy (non-hydrogen) atoms. The number of nitrogens with one attached hydrogen (secondary N) is 2. The van der Waals surface area contributed by atoms with E-state index in [1.807, 2.05) is 6.07 Å². The summed E-state index contributed by atoms with van der Waals surface area (Å²) in [6.07, 6.45) is 0.424. The Morgan fingerprint density at radius 2 is 1.69 bits per heavy atom. The Morgan fingerprint density at radius 3 is 2.35 bits per heavy atom. The first kappa shape index (κ1) is 18.6. The number of carbonyl (C=O) groups is 2. The third-order valence-electron chi connectivity index (χ3n) is 4.04. The molecule has 2 aromatic rings.